The minimum atomic E-state index is -0.303. The van der Waals surface area contributed by atoms with Crippen LogP contribution < -0.4 is 0 Å². The van der Waals surface area contributed by atoms with E-state index >= 15 is 0 Å². The highest BCUT2D eigenvalue weighted by atomic mass is 79.9. The van der Waals surface area contributed by atoms with Gasteiger partial charge in [0.25, 0.3) is 0 Å². The van der Waals surface area contributed by atoms with Crippen LogP contribution in [0.25, 0.3) is 17.0 Å². The molecule has 0 radical (unpaired) electrons. The maximum atomic E-state index is 13.8. The molecule has 0 atom stereocenters. The van der Waals surface area contributed by atoms with Gasteiger partial charge in [-0.25, -0.2) is 14.4 Å². The zero-order chi connectivity index (χ0) is 11.8. The summed E-state index contributed by atoms with van der Waals surface area (Å²) in [5, 5.41) is 0. The molecule has 0 amide bonds. The number of hydrogen-bond donors (Lipinski definition) is 0. The Morgan fingerprint density at radius 2 is 2.05 bits per heavy atom. The second kappa shape index (κ2) is 6.25. The van der Waals surface area contributed by atoms with Crippen LogP contribution in [0.1, 0.15) is 7.43 Å². The third-order valence-electron chi connectivity index (χ3n) is 2.44. The van der Waals surface area contributed by atoms with Gasteiger partial charge in [0.2, 0.25) is 5.78 Å². The lowest BCUT2D eigenvalue weighted by molar-refractivity contribution is 0.630. The van der Waals surface area contributed by atoms with Crippen molar-refractivity contribution in [1.82, 2.24) is 14.4 Å². The van der Waals surface area contributed by atoms with Crippen LogP contribution in [-0.2, 0) is 0 Å². The fraction of sp³-hybridized carbons (Fsp3) is 0.0769. The Bertz CT molecular complexity index is 664. The van der Waals surface area contributed by atoms with Crippen LogP contribution in [0.15, 0.2) is 47.3 Å². The van der Waals surface area contributed by atoms with Crippen molar-refractivity contribution < 1.29 is 4.39 Å². The molecule has 19 heavy (non-hydrogen) atoms. The number of rotatable bonds is 1. The number of aromatic nitrogens is 3. The van der Waals surface area contributed by atoms with Crippen molar-refractivity contribution in [3.8, 4) is 11.3 Å². The van der Waals surface area contributed by atoms with E-state index in [9.17, 15) is 4.39 Å². The molecule has 0 bridgehead atoms. The first-order valence-electron chi connectivity index (χ1n) is 4.99. The highest BCUT2D eigenvalue weighted by Crippen LogP contribution is 2.24. The minimum Gasteiger partial charge on any atom is -0.291 e. The van der Waals surface area contributed by atoms with E-state index in [0.717, 1.165) is 0 Å². The number of benzene rings is 1. The zero-order valence-electron chi connectivity index (χ0n) is 9.05. The maximum absolute atomic E-state index is 13.8. The van der Waals surface area contributed by atoms with E-state index in [2.05, 4.69) is 25.9 Å². The van der Waals surface area contributed by atoms with Crippen molar-refractivity contribution in [3.63, 3.8) is 0 Å². The van der Waals surface area contributed by atoms with Gasteiger partial charge in [-0.05, 0) is 24.3 Å². The van der Waals surface area contributed by atoms with Gasteiger partial charge in [-0.15, -0.1) is 17.0 Å². The largest absolute Gasteiger partial charge is 0.291 e. The van der Waals surface area contributed by atoms with E-state index in [4.69, 9.17) is 0 Å². The summed E-state index contributed by atoms with van der Waals surface area (Å²) in [7, 11) is 0. The van der Waals surface area contributed by atoms with Crippen LogP contribution in [0.4, 0.5) is 4.39 Å². The molecular formula is C13H12Br2FN3. The van der Waals surface area contributed by atoms with E-state index in [1.54, 1.807) is 35.0 Å². The highest BCUT2D eigenvalue weighted by molar-refractivity contribution is 9.10. The van der Waals surface area contributed by atoms with Crippen LogP contribution in [0.5, 0.6) is 0 Å². The van der Waals surface area contributed by atoms with Crippen molar-refractivity contribution >= 4 is 38.7 Å². The van der Waals surface area contributed by atoms with Gasteiger partial charge in [-0.3, -0.25) is 4.40 Å². The molecule has 0 saturated carbocycles. The standard InChI is InChI=1S/C12H7BrFN3.CH4.BrH/c13-8-2-3-9(10(14)6-8)11-7-17-5-1-4-15-12(17)16-11;;/h1-7H;1H4;1H. The number of halogens is 3. The number of nitrogens with zero attached hydrogens (tertiary/aromatic N) is 3. The Kier molecular flexibility index (Phi) is 5.20. The molecule has 0 aliphatic carbocycles. The lowest BCUT2D eigenvalue weighted by Crippen LogP contribution is -1.84. The predicted octanol–water partition coefficient (Wildman–Crippen LogP) is 4.51. The average Bonchev–Trinajstić information content (AvgIpc) is 2.72. The summed E-state index contributed by atoms with van der Waals surface area (Å²) < 4.78 is 16.2. The van der Waals surface area contributed by atoms with Gasteiger partial charge in [-0.1, -0.05) is 23.4 Å². The normalized spacial score (nSPS) is 9.79. The molecule has 0 saturated heterocycles. The first-order valence-corrected chi connectivity index (χ1v) is 5.78. The third-order valence-corrected chi connectivity index (χ3v) is 2.94. The molecule has 0 aliphatic rings. The number of imidazole rings is 1. The zero-order valence-corrected chi connectivity index (χ0v) is 12.3. The molecule has 0 aliphatic heterocycles. The predicted molar refractivity (Wildman–Crippen MR) is 83.1 cm³/mol. The third kappa shape index (κ3) is 3.01. The molecule has 100 valence electrons. The van der Waals surface area contributed by atoms with Gasteiger partial charge in [-0.2, -0.15) is 0 Å². The van der Waals surface area contributed by atoms with Gasteiger partial charge in [0.15, 0.2) is 0 Å². The molecule has 0 N–H and O–H groups in total. The minimum absolute atomic E-state index is 0. The first-order chi connectivity index (χ1) is 8.24. The summed E-state index contributed by atoms with van der Waals surface area (Å²) in [6.45, 7) is 0. The van der Waals surface area contributed by atoms with E-state index in [1.807, 2.05) is 6.20 Å². The maximum Gasteiger partial charge on any atom is 0.234 e. The molecule has 3 rings (SSSR count). The second-order valence-electron chi connectivity index (χ2n) is 3.58. The van der Waals surface area contributed by atoms with Crippen molar-refractivity contribution in [2.75, 3.05) is 0 Å². The van der Waals surface area contributed by atoms with E-state index in [0.29, 0.717) is 21.5 Å². The summed E-state index contributed by atoms with van der Waals surface area (Å²) in [4.78, 5) is 8.36. The topological polar surface area (TPSA) is 30.2 Å². The Hall–Kier alpha value is -1.27. The molecule has 6 heteroatoms. The van der Waals surface area contributed by atoms with E-state index in [-0.39, 0.29) is 30.2 Å². The first kappa shape index (κ1) is 15.8. The number of hydrogen-bond acceptors (Lipinski definition) is 2. The highest BCUT2D eigenvalue weighted by Gasteiger charge is 2.09. The molecule has 1 aromatic carbocycles. The smallest absolute Gasteiger partial charge is 0.234 e. The molecule has 3 nitrogen and oxygen atoms in total. The van der Waals surface area contributed by atoms with Crippen LogP contribution in [0, 0.1) is 5.82 Å². The lowest BCUT2D eigenvalue weighted by Gasteiger charge is -1.98. The molecule has 2 aromatic heterocycles. The molecule has 0 fully saturated rings. The Morgan fingerprint density at radius 3 is 2.74 bits per heavy atom. The van der Waals surface area contributed by atoms with Crippen molar-refractivity contribution in [3.05, 3.63) is 53.1 Å². The van der Waals surface area contributed by atoms with Gasteiger partial charge in [0, 0.05) is 28.6 Å². The average molecular weight is 389 g/mol. The lowest BCUT2D eigenvalue weighted by atomic mass is 10.1. The van der Waals surface area contributed by atoms with Crippen LogP contribution in [-0.4, -0.2) is 14.4 Å². The quantitative estimate of drug-likeness (QED) is 0.613. The van der Waals surface area contributed by atoms with Crippen molar-refractivity contribution in [2.24, 2.45) is 0 Å². The van der Waals surface area contributed by atoms with Gasteiger partial charge in [0.05, 0.1) is 5.69 Å². The van der Waals surface area contributed by atoms with Gasteiger partial charge < -0.3 is 0 Å². The fourth-order valence-corrected chi connectivity index (χ4v) is 1.99. The van der Waals surface area contributed by atoms with Crippen LogP contribution >= 0.6 is 32.9 Å². The SMILES string of the molecule is Br.C.Fc1cc(Br)ccc1-c1cn2cccnc2n1. The summed E-state index contributed by atoms with van der Waals surface area (Å²) >= 11 is 3.23. The van der Waals surface area contributed by atoms with Crippen molar-refractivity contribution in [2.45, 2.75) is 7.43 Å². The van der Waals surface area contributed by atoms with Gasteiger partial charge in [0.1, 0.15) is 5.82 Å². The second-order valence-corrected chi connectivity index (χ2v) is 4.49. The summed E-state index contributed by atoms with van der Waals surface area (Å²) in [5.41, 5.74) is 1.05. The molecule has 0 spiro atoms. The Balaban J connectivity index is 0.000000902. The van der Waals surface area contributed by atoms with E-state index < -0.39 is 0 Å². The summed E-state index contributed by atoms with van der Waals surface area (Å²) in [6, 6.07) is 6.71. The summed E-state index contributed by atoms with van der Waals surface area (Å²) in [5.74, 6) is 0.257. The molecule has 3 aromatic rings. The molecule has 2 heterocycles. The Labute approximate surface area is 129 Å². The fourth-order valence-electron chi connectivity index (χ4n) is 1.66. The van der Waals surface area contributed by atoms with Gasteiger partial charge >= 0.3 is 0 Å². The van der Waals surface area contributed by atoms with Crippen LogP contribution in [0.2, 0.25) is 0 Å². The molecule has 0 unspecified atom stereocenters. The molecular weight excluding hydrogens is 377 g/mol. The summed E-state index contributed by atoms with van der Waals surface area (Å²) in [6.07, 6.45) is 5.24. The number of fused-ring (bicyclic) bond motifs is 1. The monoisotopic (exact) mass is 387 g/mol. The van der Waals surface area contributed by atoms with Crippen LogP contribution in [0.3, 0.4) is 0 Å². The Morgan fingerprint density at radius 1 is 1.26 bits per heavy atom. The van der Waals surface area contributed by atoms with E-state index in [1.165, 1.54) is 6.07 Å². The van der Waals surface area contributed by atoms with Crippen molar-refractivity contribution in [1.29, 1.82) is 0 Å².